The van der Waals surface area contributed by atoms with Crippen molar-refractivity contribution in [2.75, 3.05) is 40.6 Å². The smallest absolute Gasteiger partial charge is 0.0700 e. The number of hydrogen-bond donors (Lipinski definition) is 1. The van der Waals surface area contributed by atoms with Gasteiger partial charge in [-0.25, -0.2) is 0 Å². The van der Waals surface area contributed by atoms with E-state index in [0.717, 1.165) is 19.4 Å². The quantitative estimate of drug-likeness (QED) is 0.536. The Hall–Kier alpha value is -0.160. The zero-order valence-electron chi connectivity index (χ0n) is 8.62. The number of hydrogen-bond acceptors (Lipinski definition) is 4. The SMILES string of the molecule is COCCOCCCC(N)COC. The van der Waals surface area contributed by atoms with E-state index in [1.807, 2.05) is 0 Å². The van der Waals surface area contributed by atoms with E-state index >= 15 is 0 Å². The van der Waals surface area contributed by atoms with Crippen molar-refractivity contribution in [1.82, 2.24) is 0 Å². The first-order valence-electron chi connectivity index (χ1n) is 4.62. The summed E-state index contributed by atoms with van der Waals surface area (Å²) in [5.74, 6) is 0. The minimum atomic E-state index is 0.135. The predicted molar refractivity (Wildman–Crippen MR) is 51.8 cm³/mol. The second kappa shape index (κ2) is 9.92. The second-order valence-electron chi connectivity index (χ2n) is 2.96. The maximum Gasteiger partial charge on any atom is 0.0700 e. The number of rotatable bonds is 9. The first-order valence-corrected chi connectivity index (χ1v) is 4.62. The van der Waals surface area contributed by atoms with Crippen LogP contribution in [0.25, 0.3) is 0 Å². The molecule has 4 heteroatoms. The van der Waals surface area contributed by atoms with E-state index in [-0.39, 0.29) is 6.04 Å². The summed E-state index contributed by atoms with van der Waals surface area (Å²) in [6.07, 6.45) is 1.93. The summed E-state index contributed by atoms with van der Waals surface area (Å²) >= 11 is 0. The van der Waals surface area contributed by atoms with Gasteiger partial charge in [0.2, 0.25) is 0 Å². The highest BCUT2D eigenvalue weighted by molar-refractivity contribution is 4.58. The van der Waals surface area contributed by atoms with Crippen LogP contribution in [0.2, 0.25) is 0 Å². The number of nitrogens with two attached hydrogens (primary N) is 1. The van der Waals surface area contributed by atoms with E-state index in [1.54, 1.807) is 14.2 Å². The average molecular weight is 191 g/mol. The molecule has 0 fully saturated rings. The van der Waals surface area contributed by atoms with E-state index in [0.29, 0.717) is 19.8 Å². The highest BCUT2D eigenvalue weighted by atomic mass is 16.5. The fraction of sp³-hybridized carbons (Fsp3) is 1.00. The molecule has 0 spiro atoms. The summed E-state index contributed by atoms with van der Waals surface area (Å²) < 4.78 is 15.0. The molecular weight excluding hydrogens is 170 g/mol. The molecule has 0 bridgehead atoms. The minimum Gasteiger partial charge on any atom is -0.383 e. The van der Waals surface area contributed by atoms with Gasteiger partial charge in [-0.3, -0.25) is 0 Å². The Balaban J connectivity index is 2.97. The normalized spacial score (nSPS) is 13.2. The van der Waals surface area contributed by atoms with Crippen molar-refractivity contribution in [2.45, 2.75) is 18.9 Å². The minimum absolute atomic E-state index is 0.135. The van der Waals surface area contributed by atoms with Crippen LogP contribution in [0.15, 0.2) is 0 Å². The van der Waals surface area contributed by atoms with E-state index in [9.17, 15) is 0 Å². The third kappa shape index (κ3) is 9.76. The van der Waals surface area contributed by atoms with Gasteiger partial charge >= 0.3 is 0 Å². The molecule has 1 atom stereocenters. The summed E-state index contributed by atoms with van der Waals surface area (Å²) in [4.78, 5) is 0. The van der Waals surface area contributed by atoms with Gasteiger partial charge in [0, 0.05) is 26.9 Å². The lowest BCUT2D eigenvalue weighted by atomic mass is 10.2. The van der Waals surface area contributed by atoms with E-state index in [1.165, 1.54) is 0 Å². The fourth-order valence-corrected chi connectivity index (χ4v) is 0.989. The molecule has 0 heterocycles. The second-order valence-corrected chi connectivity index (χ2v) is 2.96. The van der Waals surface area contributed by atoms with Crippen LogP contribution in [-0.4, -0.2) is 46.7 Å². The molecule has 0 aromatic carbocycles. The van der Waals surface area contributed by atoms with Crippen molar-refractivity contribution in [3.05, 3.63) is 0 Å². The monoisotopic (exact) mass is 191 g/mol. The van der Waals surface area contributed by atoms with Gasteiger partial charge in [-0.1, -0.05) is 0 Å². The van der Waals surface area contributed by atoms with Crippen LogP contribution >= 0.6 is 0 Å². The average Bonchev–Trinajstić information content (AvgIpc) is 2.11. The Morgan fingerprint density at radius 2 is 1.85 bits per heavy atom. The Bertz CT molecular complexity index is 101. The molecule has 0 aliphatic carbocycles. The summed E-state index contributed by atoms with van der Waals surface area (Å²) in [7, 11) is 3.33. The molecule has 0 saturated heterocycles. The van der Waals surface area contributed by atoms with Gasteiger partial charge in [0.25, 0.3) is 0 Å². The molecular formula is C9H21NO3. The molecule has 2 N–H and O–H groups in total. The molecule has 1 unspecified atom stereocenters. The van der Waals surface area contributed by atoms with Crippen LogP contribution in [0.5, 0.6) is 0 Å². The van der Waals surface area contributed by atoms with Crippen LogP contribution in [0, 0.1) is 0 Å². The Morgan fingerprint density at radius 1 is 1.08 bits per heavy atom. The van der Waals surface area contributed by atoms with E-state index in [2.05, 4.69) is 0 Å². The summed E-state index contributed by atoms with van der Waals surface area (Å²) in [6.45, 7) is 2.69. The number of methoxy groups -OCH3 is 2. The van der Waals surface area contributed by atoms with Crippen molar-refractivity contribution in [2.24, 2.45) is 5.73 Å². The van der Waals surface area contributed by atoms with Crippen LogP contribution in [0.1, 0.15) is 12.8 Å². The summed E-state index contributed by atoms with van der Waals surface area (Å²) in [5, 5.41) is 0. The van der Waals surface area contributed by atoms with Gasteiger partial charge in [-0.15, -0.1) is 0 Å². The van der Waals surface area contributed by atoms with Crippen LogP contribution in [-0.2, 0) is 14.2 Å². The first kappa shape index (κ1) is 12.8. The molecule has 0 aromatic heterocycles. The van der Waals surface area contributed by atoms with Crippen molar-refractivity contribution in [3.8, 4) is 0 Å². The zero-order valence-corrected chi connectivity index (χ0v) is 8.62. The zero-order chi connectivity index (χ0) is 9.94. The Morgan fingerprint density at radius 3 is 2.46 bits per heavy atom. The largest absolute Gasteiger partial charge is 0.383 e. The lowest BCUT2D eigenvalue weighted by Crippen LogP contribution is -2.25. The van der Waals surface area contributed by atoms with Gasteiger partial charge in [-0.05, 0) is 12.8 Å². The molecule has 0 radical (unpaired) electrons. The van der Waals surface area contributed by atoms with Gasteiger partial charge in [0.15, 0.2) is 0 Å². The predicted octanol–water partition coefficient (Wildman–Crippen LogP) is 0.403. The van der Waals surface area contributed by atoms with Gasteiger partial charge in [0.05, 0.1) is 19.8 Å². The van der Waals surface area contributed by atoms with E-state index in [4.69, 9.17) is 19.9 Å². The summed E-state index contributed by atoms with van der Waals surface area (Å²) in [6, 6.07) is 0.135. The molecule has 0 aliphatic heterocycles. The standard InChI is InChI=1S/C9H21NO3/c1-11-6-7-13-5-3-4-9(10)8-12-2/h9H,3-8,10H2,1-2H3. The third-order valence-corrected chi connectivity index (χ3v) is 1.68. The van der Waals surface area contributed by atoms with Gasteiger partial charge < -0.3 is 19.9 Å². The van der Waals surface area contributed by atoms with Crippen LogP contribution < -0.4 is 5.73 Å². The molecule has 0 aromatic rings. The van der Waals surface area contributed by atoms with Gasteiger partial charge in [-0.2, -0.15) is 0 Å². The lowest BCUT2D eigenvalue weighted by molar-refractivity contribution is 0.0668. The topological polar surface area (TPSA) is 53.7 Å². The molecule has 0 saturated carbocycles. The van der Waals surface area contributed by atoms with Crippen molar-refractivity contribution in [3.63, 3.8) is 0 Å². The van der Waals surface area contributed by atoms with Crippen molar-refractivity contribution >= 4 is 0 Å². The fourth-order valence-electron chi connectivity index (χ4n) is 0.989. The molecule has 0 aliphatic rings. The highest BCUT2D eigenvalue weighted by Gasteiger charge is 2.00. The lowest BCUT2D eigenvalue weighted by Gasteiger charge is -2.09. The summed E-state index contributed by atoms with van der Waals surface area (Å²) in [5.41, 5.74) is 5.72. The van der Waals surface area contributed by atoms with Crippen LogP contribution in [0.4, 0.5) is 0 Å². The Kier molecular flexibility index (Phi) is 9.80. The highest BCUT2D eigenvalue weighted by Crippen LogP contribution is 1.95. The first-order chi connectivity index (χ1) is 6.31. The van der Waals surface area contributed by atoms with Crippen LogP contribution in [0.3, 0.4) is 0 Å². The third-order valence-electron chi connectivity index (χ3n) is 1.68. The molecule has 0 rings (SSSR count). The molecule has 80 valence electrons. The number of ether oxygens (including phenoxy) is 3. The molecule has 0 amide bonds. The maximum atomic E-state index is 5.72. The Labute approximate surface area is 80.3 Å². The molecule has 13 heavy (non-hydrogen) atoms. The van der Waals surface area contributed by atoms with E-state index < -0.39 is 0 Å². The van der Waals surface area contributed by atoms with Crippen molar-refractivity contribution in [1.29, 1.82) is 0 Å². The van der Waals surface area contributed by atoms with Gasteiger partial charge in [0.1, 0.15) is 0 Å². The van der Waals surface area contributed by atoms with Crippen molar-refractivity contribution < 1.29 is 14.2 Å². The maximum absolute atomic E-state index is 5.72. The molecule has 4 nitrogen and oxygen atoms in total.